The van der Waals surface area contributed by atoms with Crippen molar-refractivity contribution >= 4 is 5.91 Å². The number of aryl methyl sites for hydroxylation is 1. The minimum Gasteiger partial charge on any atom is -0.346 e. The van der Waals surface area contributed by atoms with Gasteiger partial charge in [-0.25, -0.2) is 4.39 Å². The third kappa shape index (κ3) is 3.41. The molecule has 0 aliphatic heterocycles. The SMILES string of the molecule is Cc1ccc([C@@H](C)NC(=O)c2ccc(F)cc2)cc1. The van der Waals surface area contributed by atoms with Gasteiger partial charge in [0.05, 0.1) is 6.04 Å². The fourth-order valence-electron chi connectivity index (χ4n) is 1.82. The van der Waals surface area contributed by atoms with E-state index in [2.05, 4.69) is 5.32 Å². The topological polar surface area (TPSA) is 29.1 Å². The van der Waals surface area contributed by atoms with E-state index in [0.29, 0.717) is 5.56 Å². The van der Waals surface area contributed by atoms with Gasteiger partial charge >= 0.3 is 0 Å². The van der Waals surface area contributed by atoms with E-state index in [9.17, 15) is 9.18 Å². The largest absolute Gasteiger partial charge is 0.346 e. The molecule has 0 bridgehead atoms. The predicted molar refractivity (Wildman–Crippen MR) is 73.5 cm³/mol. The number of benzene rings is 2. The summed E-state index contributed by atoms with van der Waals surface area (Å²) in [6.07, 6.45) is 0. The standard InChI is InChI=1S/C16H16FNO/c1-11-3-5-13(6-4-11)12(2)18-16(19)14-7-9-15(17)10-8-14/h3-10,12H,1-2H3,(H,18,19)/t12-/m1/s1. The Morgan fingerprint density at radius 1 is 1.05 bits per heavy atom. The first kappa shape index (κ1) is 13.3. The van der Waals surface area contributed by atoms with Crippen LogP contribution in [0.1, 0.15) is 34.5 Å². The molecule has 0 saturated carbocycles. The third-order valence-electron chi connectivity index (χ3n) is 3.03. The van der Waals surface area contributed by atoms with Crippen molar-refractivity contribution in [2.75, 3.05) is 0 Å². The molecule has 1 atom stereocenters. The molecular formula is C16H16FNO. The molecule has 1 amide bonds. The fourth-order valence-corrected chi connectivity index (χ4v) is 1.82. The highest BCUT2D eigenvalue weighted by Crippen LogP contribution is 2.14. The molecule has 0 saturated heterocycles. The predicted octanol–water partition coefficient (Wildman–Crippen LogP) is 3.63. The molecule has 0 fully saturated rings. The molecule has 1 N–H and O–H groups in total. The lowest BCUT2D eigenvalue weighted by Gasteiger charge is -2.14. The Labute approximate surface area is 112 Å². The number of rotatable bonds is 3. The number of hydrogen-bond acceptors (Lipinski definition) is 1. The maximum absolute atomic E-state index is 12.8. The lowest BCUT2D eigenvalue weighted by Crippen LogP contribution is -2.26. The highest BCUT2D eigenvalue weighted by Gasteiger charge is 2.11. The highest BCUT2D eigenvalue weighted by atomic mass is 19.1. The molecule has 0 radical (unpaired) electrons. The van der Waals surface area contributed by atoms with Crippen molar-refractivity contribution in [3.63, 3.8) is 0 Å². The molecule has 19 heavy (non-hydrogen) atoms. The summed E-state index contributed by atoms with van der Waals surface area (Å²) in [4.78, 5) is 12.0. The Morgan fingerprint density at radius 3 is 2.21 bits per heavy atom. The molecule has 2 nitrogen and oxygen atoms in total. The van der Waals surface area contributed by atoms with Gasteiger partial charge in [0.2, 0.25) is 0 Å². The quantitative estimate of drug-likeness (QED) is 0.893. The number of carbonyl (C=O) groups is 1. The van der Waals surface area contributed by atoms with Crippen LogP contribution in [0.15, 0.2) is 48.5 Å². The van der Waals surface area contributed by atoms with E-state index in [1.54, 1.807) is 0 Å². The second-order valence-corrected chi connectivity index (χ2v) is 4.61. The van der Waals surface area contributed by atoms with E-state index in [-0.39, 0.29) is 17.8 Å². The van der Waals surface area contributed by atoms with Crippen LogP contribution in [0.2, 0.25) is 0 Å². The van der Waals surface area contributed by atoms with Gasteiger partial charge < -0.3 is 5.32 Å². The van der Waals surface area contributed by atoms with E-state index < -0.39 is 0 Å². The second kappa shape index (κ2) is 5.65. The van der Waals surface area contributed by atoms with Crippen LogP contribution in [-0.4, -0.2) is 5.91 Å². The van der Waals surface area contributed by atoms with Crippen LogP contribution in [0.4, 0.5) is 4.39 Å². The smallest absolute Gasteiger partial charge is 0.251 e. The zero-order chi connectivity index (χ0) is 13.8. The van der Waals surface area contributed by atoms with E-state index in [0.717, 1.165) is 5.56 Å². The summed E-state index contributed by atoms with van der Waals surface area (Å²) in [5.74, 6) is -0.545. The summed E-state index contributed by atoms with van der Waals surface area (Å²) in [7, 11) is 0. The third-order valence-corrected chi connectivity index (χ3v) is 3.03. The molecule has 2 aromatic carbocycles. The molecule has 0 unspecified atom stereocenters. The van der Waals surface area contributed by atoms with Crippen molar-refractivity contribution in [2.24, 2.45) is 0 Å². The summed E-state index contributed by atoms with van der Waals surface area (Å²) in [6.45, 7) is 3.94. The van der Waals surface area contributed by atoms with Gasteiger partial charge in [-0.3, -0.25) is 4.79 Å². The first-order valence-corrected chi connectivity index (χ1v) is 6.19. The molecule has 3 heteroatoms. The molecule has 98 valence electrons. The Kier molecular flexibility index (Phi) is 3.95. The van der Waals surface area contributed by atoms with Gasteiger partial charge in [0.1, 0.15) is 5.82 Å². The molecule has 0 aliphatic rings. The maximum atomic E-state index is 12.8. The van der Waals surface area contributed by atoms with E-state index in [1.807, 2.05) is 38.1 Å². The molecule has 0 aromatic heterocycles. The Morgan fingerprint density at radius 2 is 1.63 bits per heavy atom. The lowest BCUT2D eigenvalue weighted by atomic mass is 10.1. The normalized spacial score (nSPS) is 11.9. The molecular weight excluding hydrogens is 241 g/mol. The van der Waals surface area contributed by atoms with Crippen LogP contribution in [0.25, 0.3) is 0 Å². The van der Waals surface area contributed by atoms with Gasteiger partial charge in [0.15, 0.2) is 0 Å². The summed E-state index contributed by atoms with van der Waals surface area (Å²) in [5, 5.41) is 2.89. The first-order chi connectivity index (χ1) is 9.06. The van der Waals surface area contributed by atoms with Crippen LogP contribution in [0, 0.1) is 12.7 Å². The summed E-state index contributed by atoms with van der Waals surface area (Å²) < 4.78 is 12.8. The van der Waals surface area contributed by atoms with Crippen LogP contribution in [0.3, 0.4) is 0 Å². The van der Waals surface area contributed by atoms with Crippen molar-refractivity contribution < 1.29 is 9.18 Å². The maximum Gasteiger partial charge on any atom is 0.251 e. The molecule has 2 rings (SSSR count). The van der Waals surface area contributed by atoms with Gasteiger partial charge in [0, 0.05) is 5.56 Å². The van der Waals surface area contributed by atoms with Crippen LogP contribution < -0.4 is 5.32 Å². The Hall–Kier alpha value is -2.16. The lowest BCUT2D eigenvalue weighted by molar-refractivity contribution is 0.0940. The zero-order valence-electron chi connectivity index (χ0n) is 11.0. The molecule has 0 spiro atoms. The van der Waals surface area contributed by atoms with Crippen molar-refractivity contribution in [1.82, 2.24) is 5.32 Å². The number of hydrogen-bond donors (Lipinski definition) is 1. The average Bonchev–Trinajstić information content (AvgIpc) is 2.40. The van der Waals surface area contributed by atoms with Gasteiger partial charge in [-0.2, -0.15) is 0 Å². The van der Waals surface area contributed by atoms with Crippen molar-refractivity contribution in [1.29, 1.82) is 0 Å². The minimum atomic E-state index is -0.344. The number of nitrogens with one attached hydrogen (secondary N) is 1. The van der Waals surface area contributed by atoms with Crippen LogP contribution >= 0.6 is 0 Å². The van der Waals surface area contributed by atoms with E-state index in [1.165, 1.54) is 29.8 Å². The van der Waals surface area contributed by atoms with E-state index in [4.69, 9.17) is 0 Å². The highest BCUT2D eigenvalue weighted by molar-refractivity contribution is 5.94. The zero-order valence-corrected chi connectivity index (χ0v) is 11.0. The van der Waals surface area contributed by atoms with Gasteiger partial charge in [-0.15, -0.1) is 0 Å². The monoisotopic (exact) mass is 257 g/mol. The number of halogens is 1. The molecule has 0 aliphatic carbocycles. The minimum absolute atomic E-state index is 0.0850. The Bertz CT molecular complexity index is 560. The number of amides is 1. The summed E-state index contributed by atoms with van der Waals surface area (Å²) in [6, 6.07) is 13.4. The second-order valence-electron chi connectivity index (χ2n) is 4.61. The van der Waals surface area contributed by atoms with Crippen molar-refractivity contribution in [3.8, 4) is 0 Å². The van der Waals surface area contributed by atoms with Crippen molar-refractivity contribution in [3.05, 3.63) is 71.0 Å². The molecule has 2 aromatic rings. The van der Waals surface area contributed by atoms with Crippen LogP contribution in [0.5, 0.6) is 0 Å². The first-order valence-electron chi connectivity index (χ1n) is 6.19. The molecule has 0 heterocycles. The van der Waals surface area contributed by atoms with Crippen molar-refractivity contribution in [2.45, 2.75) is 19.9 Å². The van der Waals surface area contributed by atoms with Gasteiger partial charge in [0.25, 0.3) is 5.91 Å². The average molecular weight is 257 g/mol. The Balaban J connectivity index is 2.06. The van der Waals surface area contributed by atoms with Gasteiger partial charge in [-0.05, 0) is 43.7 Å². The summed E-state index contributed by atoms with van der Waals surface area (Å²) in [5.41, 5.74) is 2.68. The summed E-state index contributed by atoms with van der Waals surface area (Å²) >= 11 is 0. The van der Waals surface area contributed by atoms with Gasteiger partial charge in [-0.1, -0.05) is 29.8 Å². The van der Waals surface area contributed by atoms with Crippen LogP contribution in [-0.2, 0) is 0 Å². The number of carbonyl (C=O) groups excluding carboxylic acids is 1. The van der Waals surface area contributed by atoms with E-state index >= 15 is 0 Å². The fraction of sp³-hybridized carbons (Fsp3) is 0.188.